The molecular formula is C11H9N3. The predicted molar refractivity (Wildman–Crippen MR) is 56.1 cm³/mol. The van der Waals surface area contributed by atoms with Crippen LogP contribution in [0.15, 0.2) is 30.5 Å². The lowest BCUT2D eigenvalue weighted by atomic mass is 10.1. The Morgan fingerprint density at radius 3 is 3.00 bits per heavy atom. The number of fused-ring (bicyclic) bond motifs is 3. The van der Waals surface area contributed by atoms with Crippen LogP contribution >= 0.6 is 0 Å². The summed E-state index contributed by atoms with van der Waals surface area (Å²) in [5.74, 6) is 0. The molecule has 1 aromatic carbocycles. The van der Waals surface area contributed by atoms with Crippen LogP contribution in [-0.4, -0.2) is 15.2 Å². The quantitative estimate of drug-likeness (QED) is 0.581. The molecule has 0 fully saturated rings. The Morgan fingerprint density at radius 1 is 1.14 bits per heavy atom. The number of H-pyrrole nitrogens is 1. The highest BCUT2D eigenvalue weighted by molar-refractivity contribution is 6.03. The van der Waals surface area contributed by atoms with E-state index in [4.69, 9.17) is 0 Å². The van der Waals surface area contributed by atoms with Crippen LogP contribution in [0.2, 0.25) is 0 Å². The topological polar surface area (TPSA) is 41.6 Å². The van der Waals surface area contributed by atoms with Gasteiger partial charge in [0.25, 0.3) is 0 Å². The summed E-state index contributed by atoms with van der Waals surface area (Å²) < 4.78 is 0. The average Bonchev–Trinajstić information content (AvgIpc) is 2.65. The highest BCUT2D eigenvalue weighted by Gasteiger charge is 2.02. The maximum atomic E-state index is 4.46. The van der Waals surface area contributed by atoms with Gasteiger partial charge in [-0.05, 0) is 31.2 Å². The summed E-state index contributed by atoms with van der Waals surface area (Å²) in [4.78, 5) is 4.46. The third kappa shape index (κ3) is 0.923. The number of hydrogen-bond donors (Lipinski definition) is 1. The second kappa shape index (κ2) is 2.54. The van der Waals surface area contributed by atoms with E-state index in [1.165, 1.54) is 0 Å². The number of hydrogen-bond acceptors (Lipinski definition) is 2. The summed E-state index contributed by atoms with van der Waals surface area (Å²) in [5.41, 5.74) is 3.12. The van der Waals surface area contributed by atoms with Crippen molar-refractivity contribution in [2.45, 2.75) is 6.92 Å². The van der Waals surface area contributed by atoms with Crippen LogP contribution in [0, 0.1) is 6.92 Å². The van der Waals surface area contributed by atoms with E-state index in [0.717, 1.165) is 27.5 Å². The van der Waals surface area contributed by atoms with E-state index in [1.807, 2.05) is 31.3 Å². The van der Waals surface area contributed by atoms with Crippen molar-refractivity contribution < 1.29 is 0 Å². The zero-order chi connectivity index (χ0) is 9.54. The molecule has 3 heteroatoms. The van der Waals surface area contributed by atoms with Gasteiger partial charge < -0.3 is 0 Å². The minimum absolute atomic E-state index is 1.02. The van der Waals surface area contributed by atoms with Gasteiger partial charge in [0.2, 0.25) is 0 Å². The number of nitrogens with one attached hydrogen (secondary N) is 1. The van der Waals surface area contributed by atoms with Crippen molar-refractivity contribution >= 4 is 21.8 Å². The van der Waals surface area contributed by atoms with Crippen molar-refractivity contribution in [1.29, 1.82) is 0 Å². The fourth-order valence-corrected chi connectivity index (χ4v) is 1.72. The summed E-state index contributed by atoms with van der Waals surface area (Å²) >= 11 is 0. The van der Waals surface area contributed by atoms with Crippen LogP contribution in [0.4, 0.5) is 0 Å². The van der Waals surface area contributed by atoms with Gasteiger partial charge in [-0.25, -0.2) is 0 Å². The fourth-order valence-electron chi connectivity index (χ4n) is 1.72. The van der Waals surface area contributed by atoms with Gasteiger partial charge in [0.1, 0.15) is 0 Å². The van der Waals surface area contributed by atoms with Crippen molar-refractivity contribution in [3.63, 3.8) is 0 Å². The Kier molecular flexibility index (Phi) is 1.36. The van der Waals surface area contributed by atoms with Crippen molar-refractivity contribution in [2.24, 2.45) is 0 Å². The average molecular weight is 183 g/mol. The second-order valence-corrected chi connectivity index (χ2v) is 3.42. The Hall–Kier alpha value is -1.90. The molecule has 1 N–H and O–H groups in total. The molecule has 0 saturated heterocycles. The number of benzene rings is 1. The molecule has 3 aromatic rings. The molecule has 2 heterocycles. The number of rotatable bonds is 0. The van der Waals surface area contributed by atoms with Gasteiger partial charge in [-0.3, -0.25) is 10.1 Å². The molecule has 0 aliphatic carbocycles. The van der Waals surface area contributed by atoms with Gasteiger partial charge in [0.05, 0.1) is 17.2 Å². The largest absolute Gasteiger partial charge is 0.277 e. The van der Waals surface area contributed by atoms with Crippen LogP contribution in [0.25, 0.3) is 21.8 Å². The molecule has 3 nitrogen and oxygen atoms in total. The third-order valence-electron chi connectivity index (χ3n) is 2.42. The molecule has 0 spiro atoms. The van der Waals surface area contributed by atoms with E-state index in [0.29, 0.717) is 0 Å². The van der Waals surface area contributed by atoms with E-state index >= 15 is 0 Å². The van der Waals surface area contributed by atoms with Crippen molar-refractivity contribution in [3.05, 3.63) is 36.2 Å². The summed E-state index contributed by atoms with van der Waals surface area (Å²) in [7, 11) is 0. The first-order valence-corrected chi connectivity index (χ1v) is 4.54. The standard InChI is InChI=1S/C11H9N3/c1-7-2-4-9-10(13-7)5-3-8-6-12-14-11(8)9/h2-6H,1H3,(H,12,14). The summed E-state index contributed by atoms with van der Waals surface area (Å²) in [6, 6.07) is 8.16. The smallest absolute Gasteiger partial charge is 0.0744 e. The number of aromatic amines is 1. The number of aromatic nitrogens is 3. The van der Waals surface area contributed by atoms with Crippen LogP contribution in [0.5, 0.6) is 0 Å². The second-order valence-electron chi connectivity index (χ2n) is 3.42. The summed E-state index contributed by atoms with van der Waals surface area (Å²) in [6.07, 6.45) is 1.83. The molecule has 2 aromatic heterocycles. The highest BCUT2D eigenvalue weighted by Crippen LogP contribution is 2.21. The third-order valence-corrected chi connectivity index (χ3v) is 2.42. The van der Waals surface area contributed by atoms with Crippen LogP contribution in [0.3, 0.4) is 0 Å². The minimum atomic E-state index is 1.02. The normalized spacial score (nSPS) is 11.2. The first kappa shape index (κ1) is 7.50. The predicted octanol–water partition coefficient (Wildman–Crippen LogP) is 2.42. The first-order valence-electron chi connectivity index (χ1n) is 4.54. The summed E-state index contributed by atoms with van der Waals surface area (Å²) in [6.45, 7) is 2.00. The first-order chi connectivity index (χ1) is 6.84. The SMILES string of the molecule is Cc1ccc2c(ccc3cn[nH]c32)n1. The van der Waals surface area contributed by atoms with E-state index in [2.05, 4.69) is 21.2 Å². The summed E-state index contributed by atoms with van der Waals surface area (Å²) in [5, 5.41) is 9.27. The van der Waals surface area contributed by atoms with Crippen LogP contribution in [-0.2, 0) is 0 Å². The Morgan fingerprint density at radius 2 is 2.07 bits per heavy atom. The Balaban J connectivity index is 2.57. The zero-order valence-corrected chi connectivity index (χ0v) is 7.78. The van der Waals surface area contributed by atoms with Gasteiger partial charge in [0.15, 0.2) is 0 Å². The molecule has 0 aliphatic rings. The molecule has 0 radical (unpaired) electrons. The van der Waals surface area contributed by atoms with E-state index in [9.17, 15) is 0 Å². The van der Waals surface area contributed by atoms with Crippen molar-refractivity contribution in [3.8, 4) is 0 Å². The molecule has 14 heavy (non-hydrogen) atoms. The van der Waals surface area contributed by atoms with Gasteiger partial charge in [-0.1, -0.05) is 0 Å². The lowest BCUT2D eigenvalue weighted by molar-refractivity contribution is 1.12. The maximum absolute atomic E-state index is 4.46. The Bertz CT molecular complexity index is 610. The van der Waals surface area contributed by atoms with Crippen LogP contribution in [0.1, 0.15) is 5.69 Å². The maximum Gasteiger partial charge on any atom is 0.0744 e. The monoisotopic (exact) mass is 183 g/mol. The molecule has 0 saturated carbocycles. The van der Waals surface area contributed by atoms with E-state index < -0.39 is 0 Å². The highest BCUT2D eigenvalue weighted by atomic mass is 15.1. The molecule has 0 amide bonds. The lowest BCUT2D eigenvalue weighted by Crippen LogP contribution is -1.83. The van der Waals surface area contributed by atoms with Gasteiger partial charge in [-0.15, -0.1) is 0 Å². The number of aryl methyl sites for hydroxylation is 1. The molecule has 3 rings (SSSR count). The Labute approximate surface area is 80.8 Å². The minimum Gasteiger partial charge on any atom is -0.277 e. The fraction of sp³-hybridized carbons (Fsp3) is 0.0909. The molecule has 0 aliphatic heterocycles. The van der Waals surface area contributed by atoms with E-state index in [1.54, 1.807) is 0 Å². The van der Waals surface area contributed by atoms with E-state index in [-0.39, 0.29) is 0 Å². The molecular weight excluding hydrogens is 174 g/mol. The molecule has 0 unspecified atom stereocenters. The number of pyridine rings is 1. The zero-order valence-electron chi connectivity index (χ0n) is 7.78. The number of nitrogens with zero attached hydrogens (tertiary/aromatic N) is 2. The lowest BCUT2D eigenvalue weighted by Gasteiger charge is -1.99. The molecule has 0 bridgehead atoms. The van der Waals surface area contributed by atoms with Crippen molar-refractivity contribution in [1.82, 2.24) is 15.2 Å². The van der Waals surface area contributed by atoms with Crippen LogP contribution < -0.4 is 0 Å². The molecule has 68 valence electrons. The van der Waals surface area contributed by atoms with Crippen molar-refractivity contribution in [2.75, 3.05) is 0 Å². The van der Waals surface area contributed by atoms with Gasteiger partial charge in [-0.2, -0.15) is 5.10 Å². The molecule has 0 atom stereocenters. The van der Waals surface area contributed by atoms with Gasteiger partial charge in [0, 0.05) is 16.5 Å². The van der Waals surface area contributed by atoms with Gasteiger partial charge >= 0.3 is 0 Å².